The maximum absolute atomic E-state index is 15.7. The first-order valence-corrected chi connectivity index (χ1v) is 9.76. The molecule has 0 amide bonds. The number of nitrogens with zero attached hydrogens (tertiary/aromatic N) is 4. The highest BCUT2D eigenvalue weighted by Gasteiger charge is 2.40. The van der Waals surface area contributed by atoms with E-state index in [1.807, 2.05) is 0 Å². The lowest BCUT2D eigenvalue weighted by molar-refractivity contribution is -0.137. The van der Waals surface area contributed by atoms with Gasteiger partial charge in [-0.15, -0.1) is 0 Å². The van der Waals surface area contributed by atoms with Gasteiger partial charge in [0.25, 0.3) is 0 Å². The molecule has 0 unspecified atom stereocenters. The summed E-state index contributed by atoms with van der Waals surface area (Å²) in [6, 6.07) is 3.75. The Balaban J connectivity index is 1.49. The molecule has 0 bridgehead atoms. The number of rotatable bonds is 4. The molecular formula is C20H17ClF4N4O2. The predicted octanol–water partition coefficient (Wildman–Crippen LogP) is 4.76. The van der Waals surface area contributed by atoms with E-state index >= 15 is 4.39 Å². The van der Waals surface area contributed by atoms with Crippen LogP contribution >= 0.6 is 11.6 Å². The summed E-state index contributed by atoms with van der Waals surface area (Å²) < 4.78 is 59.0. The van der Waals surface area contributed by atoms with Gasteiger partial charge in [-0.3, -0.25) is 4.98 Å². The number of aliphatic hydroxyl groups excluding tert-OH is 1. The highest BCUT2D eigenvalue weighted by molar-refractivity contribution is 6.31. The van der Waals surface area contributed by atoms with Gasteiger partial charge >= 0.3 is 6.18 Å². The van der Waals surface area contributed by atoms with Gasteiger partial charge in [0.15, 0.2) is 17.8 Å². The molecule has 1 fully saturated rings. The van der Waals surface area contributed by atoms with Crippen LogP contribution in [0, 0.1) is 0 Å². The van der Waals surface area contributed by atoms with Crippen LogP contribution in [-0.2, 0) is 18.5 Å². The van der Waals surface area contributed by atoms with E-state index in [0.717, 1.165) is 12.3 Å². The maximum Gasteiger partial charge on any atom is 0.417 e. The van der Waals surface area contributed by atoms with Crippen LogP contribution in [0.4, 0.5) is 23.4 Å². The quantitative estimate of drug-likeness (QED) is 0.570. The molecule has 0 atom stereocenters. The zero-order chi connectivity index (χ0) is 22.2. The highest BCUT2D eigenvalue weighted by atomic mass is 35.5. The first-order valence-electron chi connectivity index (χ1n) is 9.38. The average Bonchev–Trinajstić information content (AvgIpc) is 3.22. The van der Waals surface area contributed by atoms with E-state index in [9.17, 15) is 18.3 Å². The fraction of sp³-hybridized carbons (Fsp3) is 0.350. The van der Waals surface area contributed by atoms with Crippen molar-refractivity contribution >= 4 is 17.4 Å². The molecule has 0 radical (unpaired) electrons. The summed E-state index contributed by atoms with van der Waals surface area (Å²) in [6.45, 7) is 0.156. The molecule has 1 saturated heterocycles. The zero-order valence-electron chi connectivity index (χ0n) is 16.0. The van der Waals surface area contributed by atoms with Gasteiger partial charge in [0, 0.05) is 43.9 Å². The van der Waals surface area contributed by atoms with Crippen molar-refractivity contribution in [3.63, 3.8) is 0 Å². The van der Waals surface area contributed by atoms with Crippen molar-refractivity contribution in [2.75, 3.05) is 18.0 Å². The van der Waals surface area contributed by atoms with Gasteiger partial charge in [-0.2, -0.15) is 13.2 Å². The van der Waals surface area contributed by atoms with Gasteiger partial charge in [0.2, 0.25) is 0 Å². The van der Waals surface area contributed by atoms with Gasteiger partial charge in [-0.1, -0.05) is 11.6 Å². The molecule has 1 aliphatic rings. The molecule has 1 aliphatic heterocycles. The van der Waals surface area contributed by atoms with E-state index in [0.29, 0.717) is 22.8 Å². The van der Waals surface area contributed by atoms with Gasteiger partial charge in [0.1, 0.15) is 11.5 Å². The summed E-state index contributed by atoms with van der Waals surface area (Å²) in [7, 11) is 0. The van der Waals surface area contributed by atoms with Crippen molar-refractivity contribution in [3.05, 3.63) is 59.0 Å². The highest BCUT2D eigenvalue weighted by Crippen LogP contribution is 2.41. The summed E-state index contributed by atoms with van der Waals surface area (Å²) in [5, 5.41) is 9.42. The molecule has 0 aromatic carbocycles. The van der Waals surface area contributed by atoms with E-state index in [1.165, 1.54) is 24.7 Å². The second-order valence-corrected chi connectivity index (χ2v) is 7.60. The number of halogens is 5. The minimum absolute atomic E-state index is 0.0476. The predicted molar refractivity (Wildman–Crippen MR) is 104 cm³/mol. The van der Waals surface area contributed by atoms with Crippen molar-refractivity contribution in [2.24, 2.45) is 0 Å². The van der Waals surface area contributed by atoms with Crippen LogP contribution in [0.25, 0.3) is 11.3 Å². The zero-order valence-corrected chi connectivity index (χ0v) is 16.8. The summed E-state index contributed by atoms with van der Waals surface area (Å²) >= 11 is 6.32. The van der Waals surface area contributed by atoms with E-state index in [2.05, 4.69) is 15.0 Å². The van der Waals surface area contributed by atoms with Gasteiger partial charge < -0.3 is 14.4 Å². The van der Waals surface area contributed by atoms with Crippen LogP contribution < -0.4 is 4.90 Å². The summed E-state index contributed by atoms with van der Waals surface area (Å²) in [6.07, 6.45) is -0.998. The summed E-state index contributed by atoms with van der Waals surface area (Å²) in [4.78, 5) is 13.7. The number of pyridine rings is 2. The molecule has 4 heterocycles. The second kappa shape index (κ2) is 8.08. The molecule has 0 spiro atoms. The van der Waals surface area contributed by atoms with Crippen LogP contribution in [0.15, 0.2) is 41.4 Å². The molecular weight excluding hydrogens is 440 g/mol. The lowest BCUT2D eigenvalue weighted by Crippen LogP contribution is -2.41. The van der Waals surface area contributed by atoms with Crippen molar-refractivity contribution in [2.45, 2.75) is 31.3 Å². The lowest BCUT2D eigenvalue weighted by atomic mass is 9.89. The number of hydrogen-bond donors (Lipinski definition) is 1. The summed E-state index contributed by atoms with van der Waals surface area (Å²) in [5.74, 6) is 0.658. The Labute approximate surface area is 179 Å². The van der Waals surface area contributed by atoms with E-state index < -0.39 is 17.4 Å². The molecule has 1 N–H and O–H groups in total. The number of anilines is 1. The Morgan fingerprint density at radius 1 is 1.13 bits per heavy atom. The minimum Gasteiger partial charge on any atom is -0.443 e. The van der Waals surface area contributed by atoms with Crippen LogP contribution in [0.1, 0.15) is 29.8 Å². The lowest BCUT2D eigenvalue weighted by Gasteiger charge is -2.37. The van der Waals surface area contributed by atoms with Gasteiger partial charge in [0.05, 0.1) is 22.9 Å². The number of hydrogen-bond acceptors (Lipinski definition) is 6. The normalized spacial score (nSPS) is 16.5. The van der Waals surface area contributed by atoms with Gasteiger partial charge in [-0.05, 0) is 18.2 Å². The number of aromatic nitrogens is 3. The van der Waals surface area contributed by atoms with Crippen molar-refractivity contribution in [1.29, 1.82) is 0 Å². The number of oxazole rings is 1. The van der Waals surface area contributed by atoms with Crippen molar-refractivity contribution in [1.82, 2.24) is 15.0 Å². The minimum atomic E-state index is -4.46. The molecule has 11 heteroatoms. The fourth-order valence-corrected chi connectivity index (χ4v) is 3.91. The first-order chi connectivity index (χ1) is 14.7. The number of aliphatic hydroxyl groups is 1. The van der Waals surface area contributed by atoms with Crippen LogP contribution in [-0.4, -0.2) is 33.1 Å². The Bertz CT molecular complexity index is 1060. The van der Waals surface area contributed by atoms with E-state index in [1.54, 1.807) is 4.90 Å². The molecule has 0 aliphatic carbocycles. The smallest absolute Gasteiger partial charge is 0.417 e. The molecule has 3 aromatic rings. The number of alkyl halides is 4. The third kappa shape index (κ3) is 4.22. The van der Waals surface area contributed by atoms with Crippen molar-refractivity contribution in [3.8, 4) is 11.3 Å². The SMILES string of the molecule is OCc1ncoc1-c1cnc(C2(F)CCN(c3ccc(C(F)(F)F)cn3)CC2)c(Cl)c1. The Morgan fingerprint density at radius 2 is 1.87 bits per heavy atom. The third-order valence-corrected chi connectivity index (χ3v) is 5.56. The van der Waals surface area contributed by atoms with Gasteiger partial charge in [-0.25, -0.2) is 14.4 Å². The van der Waals surface area contributed by atoms with E-state index in [-0.39, 0.29) is 43.3 Å². The Hall–Kier alpha value is -2.72. The van der Waals surface area contributed by atoms with Crippen molar-refractivity contribution < 1.29 is 27.1 Å². The fourth-order valence-electron chi connectivity index (χ4n) is 3.58. The monoisotopic (exact) mass is 456 g/mol. The molecule has 3 aromatic heterocycles. The summed E-state index contributed by atoms with van der Waals surface area (Å²) in [5.41, 5.74) is -1.76. The maximum atomic E-state index is 15.7. The Morgan fingerprint density at radius 3 is 2.45 bits per heavy atom. The topological polar surface area (TPSA) is 75.3 Å². The average molecular weight is 457 g/mol. The molecule has 31 heavy (non-hydrogen) atoms. The molecule has 164 valence electrons. The third-order valence-electron chi connectivity index (χ3n) is 5.27. The first kappa shape index (κ1) is 21.5. The Kier molecular flexibility index (Phi) is 5.61. The number of piperidine rings is 1. The second-order valence-electron chi connectivity index (χ2n) is 7.20. The van der Waals surface area contributed by atoms with Crippen LogP contribution in [0.5, 0.6) is 0 Å². The largest absolute Gasteiger partial charge is 0.443 e. The standard InChI is InChI=1S/C20H17ClF4N4O2/c21-14-7-12(17-15(10-30)28-11-31-17)8-27-18(14)19(22)3-5-29(6-4-19)16-2-1-13(9-26-16)20(23,24)25/h1-2,7-9,11,30H,3-6,10H2. The molecule has 4 rings (SSSR count). The molecule has 6 nitrogen and oxygen atoms in total. The van der Waals surface area contributed by atoms with E-state index in [4.69, 9.17) is 16.0 Å². The van der Waals surface area contributed by atoms with Crippen LogP contribution in [0.2, 0.25) is 5.02 Å². The van der Waals surface area contributed by atoms with Crippen LogP contribution in [0.3, 0.4) is 0 Å². The molecule has 0 saturated carbocycles.